The van der Waals surface area contributed by atoms with Crippen LogP contribution in [-0.4, -0.2) is 59.7 Å². The topological polar surface area (TPSA) is 93.7 Å². The molecule has 2 aromatic heterocycles. The smallest absolute Gasteiger partial charge is 0.297 e. The number of piperidine rings is 1. The highest BCUT2D eigenvalue weighted by molar-refractivity contribution is 5.98. The first kappa shape index (κ1) is 23.7. The molecule has 0 saturated carbocycles. The number of nitrogens with zero attached hydrogens (tertiary/aromatic N) is 5. The number of hydrogen-bond donors (Lipinski definition) is 0. The minimum absolute atomic E-state index is 0.00224. The Morgan fingerprint density at radius 1 is 1.24 bits per heavy atom. The Morgan fingerprint density at radius 2 is 1.94 bits per heavy atom. The zero-order valence-corrected chi connectivity index (χ0v) is 20.1. The number of ether oxygens (including phenoxy) is 1. The highest BCUT2D eigenvalue weighted by atomic mass is 16.5. The van der Waals surface area contributed by atoms with Crippen LogP contribution < -0.4 is 15.2 Å². The number of Topliss-reactive ketones (excluding diaryl/α,β-unsaturated/α-hetero) is 1. The number of carbonyl (C=O) groups is 1. The van der Waals surface area contributed by atoms with Crippen molar-refractivity contribution in [3.8, 4) is 5.75 Å². The van der Waals surface area contributed by atoms with Crippen molar-refractivity contribution in [3.63, 3.8) is 0 Å². The van der Waals surface area contributed by atoms with Crippen molar-refractivity contribution in [1.29, 1.82) is 0 Å². The molecule has 0 spiro atoms. The van der Waals surface area contributed by atoms with E-state index in [0.717, 1.165) is 31.5 Å². The van der Waals surface area contributed by atoms with Gasteiger partial charge in [0.05, 0.1) is 19.3 Å². The SMILES string of the molecule is COc1c(C(=O)Cc2cnoc2)nc(N(C)C(c2ccccc2)C2CCN(C)CC2)n(C)c1=O. The number of likely N-dealkylation sites (tertiary alicyclic amines) is 1. The molecule has 1 fully saturated rings. The lowest BCUT2D eigenvalue weighted by molar-refractivity contribution is 0.0984. The fourth-order valence-corrected chi connectivity index (χ4v) is 4.77. The Morgan fingerprint density at radius 3 is 2.56 bits per heavy atom. The van der Waals surface area contributed by atoms with Crippen molar-refractivity contribution in [3.05, 3.63) is 70.0 Å². The van der Waals surface area contributed by atoms with Crippen molar-refractivity contribution in [2.75, 3.05) is 39.2 Å². The lowest BCUT2D eigenvalue weighted by Gasteiger charge is -2.40. The van der Waals surface area contributed by atoms with Crippen LogP contribution >= 0.6 is 0 Å². The monoisotopic (exact) mass is 465 g/mol. The number of ketones is 1. The third-order valence-corrected chi connectivity index (χ3v) is 6.63. The molecule has 1 aliphatic heterocycles. The molecular weight excluding hydrogens is 434 g/mol. The van der Waals surface area contributed by atoms with Crippen LogP contribution in [-0.2, 0) is 13.5 Å². The zero-order chi connectivity index (χ0) is 24.2. The number of carbonyl (C=O) groups excluding carboxylic acids is 1. The number of methoxy groups -OCH3 is 1. The number of anilines is 1. The van der Waals surface area contributed by atoms with E-state index in [9.17, 15) is 9.59 Å². The maximum Gasteiger partial charge on any atom is 0.297 e. The van der Waals surface area contributed by atoms with Gasteiger partial charge in [-0.2, -0.15) is 0 Å². The van der Waals surface area contributed by atoms with Crippen molar-refractivity contribution in [1.82, 2.24) is 19.6 Å². The molecule has 0 N–H and O–H groups in total. The molecule has 0 amide bonds. The molecule has 1 unspecified atom stereocenters. The number of aromatic nitrogens is 3. The molecule has 1 atom stereocenters. The molecule has 0 radical (unpaired) electrons. The Kier molecular flexibility index (Phi) is 7.12. The second-order valence-electron chi connectivity index (χ2n) is 8.90. The van der Waals surface area contributed by atoms with Gasteiger partial charge in [0.15, 0.2) is 11.5 Å². The van der Waals surface area contributed by atoms with Gasteiger partial charge in [0.1, 0.15) is 6.26 Å². The molecule has 3 heterocycles. The molecule has 1 aliphatic rings. The summed E-state index contributed by atoms with van der Waals surface area (Å²) < 4.78 is 11.6. The lowest BCUT2D eigenvalue weighted by Crippen LogP contribution is -2.40. The van der Waals surface area contributed by atoms with Gasteiger partial charge in [0, 0.05) is 26.1 Å². The summed E-state index contributed by atoms with van der Waals surface area (Å²) in [4.78, 5) is 35.4. The van der Waals surface area contributed by atoms with Gasteiger partial charge >= 0.3 is 0 Å². The van der Waals surface area contributed by atoms with Crippen LogP contribution in [0.3, 0.4) is 0 Å². The number of benzene rings is 1. The van der Waals surface area contributed by atoms with Gasteiger partial charge in [-0.1, -0.05) is 35.5 Å². The predicted molar refractivity (Wildman–Crippen MR) is 128 cm³/mol. The summed E-state index contributed by atoms with van der Waals surface area (Å²) in [6, 6.07) is 10.3. The summed E-state index contributed by atoms with van der Waals surface area (Å²) in [6.07, 6.45) is 4.96. The van der Waals surface area contributed by atoms with Gasteiger partial charge in [-0.15, -0.1) is 0 Å². The largest absolute Gasteiger partial charge is 0.489 e. The summed E-state index contributed by atoms with van der Waals surface area (Å²) >= 11 is 0. The second-order valence-corrected chi connectivity index (χ2v) is 8.90. The van der Waals surface area contributed by atoms with Crippen molar-refractivity contribution in [2.24, 2.45) is 13.0 Å². The number of rotatable bonds is 8. The molecule has 3 aromatic rings. The summed E-state index contributed by atoms with van der Waals surface area (Å²) in [5, 5.41) is 3.65. The predicted octanol–water partition coefficient (Wildman–Crippen LogP) is 2.72. The van der Waals surface area contributed by atoms with E-state index in [1.54, 1.807) is 7.05 Å². The molecule has 0 bridgehead atoms. The van der Waals surface area contributed by atoms with Gasteiger partial charge in [-0.25, -0.2) is 4.98 Å². The number of hydrogen-bond acceptors (Lipinski definition) is 8. The zero-order valence-electron chi connectivity index (χ0n) is 20.1. The molecule has 1 aromatic carbocycles. The standard InChI is InChI=1S/C25H31N5O4/c1-28-12-10-19(11-13-28)22(18-8-6-5-7-9-18)29(2)25-27-21(23(33-4)24(32)30(25)3)20(31)14-17-15-26-34-16-17/h5-9,15-16,19,22H,10-14H2,1-4H3. The van der Waals surface area contributed by atoms with Crippen LogP contribution in [0, 0.1) is 5.92 Å². The van der Waals surface area contributed by atoms with E-state index in [1.165, 1.54) is 24.1 Å². The first-order valence-corrected chi connectivity index (χ1v) is 11.4. The second kappa shape index (κ2) is 10.2. The third kappa shape index (κ3) is 4.75. The fraction of sp³-hybridized carbons (Fsp3) is 0.440. The Hall–Kier alpha value is -3.46. The Labute approximate surface area is 198 Å². The van der Waals surface area contributed by atoms with E-state index in [4.69, 9.17) is 14.2 Å². The highest BCUT2D eigenvalue weighted by Gasteiger charge is 2.33. The van der Waals surface area contributed by atoms with Crippen molar-refractivity contribution in [2.45, 2.75) is 25.3 Å². The molecule has 180 valence electrons. The van der Waals surface area contributed by atoms with Crippen LogP contribution in [0.5, 0.6) is 5.75 Å². The minimum Gasteiger partial charge on any atom is -0.489 e. The van der Waals surface area contributed by atoms with Gasteiger partial charge in [0.2, 0.25) is 11.7 Å². The quantitative estimate of drug-likeness (QED) is 0.469. The van der Waals surface area contributed by atoms with E-state index < -0.39 is 5.56 Å². The van der Waals surface area contributed by atoms with Gasteiger partial charge in [-0.05, 0) is 44.5 Å². The molecule has 9 nitrogen and oxygen atoms in total. The summed E-state index contributed by atoms with van der Waals surface area (Å²) in [6.45, 7) is 2.03. The minimum atomic E-state index is -0.400. The third-order valence-electron chi connectivity index (χ3n) is 6.63. The lowest BCUT2D eigenvalue weighted by atomic mass is 9.84. The Balaban J connectivity index is 1.76. The van der Waals surface area contributed by atoms with Gasteiger partial charge in [0.25, 0.3) is 5.56 Å². The summed E-state index contributed by atoms with van der Waals surface area (Å²) in [7, 11) is 7.12. The van der Waals surface area contributed by atoms with Crippen LogP contribution in [0.1, 0.15) is 40.5 Å². The maximum atomic E-state index is 13.2. The highest BCUT2D eigenvalue weighted by Crippen LogP contribution is 2.36. The molecular formula is C25H31N5O4. The first-order chi connectivity index (χ1) is 16.4. The van der Waals surface area contributed by atoms with Crippen molar-refractivity contribution >= 4 is 11.7 Å². The first-order valence-electron chi connectivity index (χ1n) is 11.4. The van der Waals surface area contributed by atoms with Crippen LogP contribution in [0.15, 0.2) is 52.1 Å². The average Bonchev–Trinajstić information content (AvgIpc) is 3.35. The van der Waals surface area contributed by atoms with Gasteiger partial charge < -0.3 is 19.1 Å². The Bertz CT molecular complexity index is 1170. The maximum absolute atomic E-state index is 13.2. The van der Waals surface area contributed by atoms with E-state index in [-0.39, 0.29) is 29.7 Å². The molecule has 0 aliphatic carbocycles. The fourth-order valence-electron chi connectivity index (χ4n) is 4.77. The van der Waals surface area contributed by atoms with Crippen LogP contribution in [0.2, 0.25) is 0 Å². The van der Waals surface area contributed by atoms with E-state index in [2.05, 4.69) is 29.2 Å². The van der Waals surface area contributed by atoms with Crippen LogP contribution in [0.25, 0.3) is 0 Å². The molecule has 4 rings (SSSR count). The molecule has 34 heavy (non-hydrogen) atoms. The van der Waals surface area contributed by atoms with E-state index >= 15 is 0 Å². The van der Waals surface area contributed by atoms with Crippen LogP contribution in [0.4, 0.5) is 5.95 Å². The van der Waals surface area contributed by atoms with E-state index in [1.807, 2.05) is 30.1 Å². The molecule has 1 saturated heterocycles. The van der Waals surface area contributed by atoms with Crippen molar-refractivity contribution < 1.29 is 14.1 Å². The summed E-state index contributed by atoms with van der Waals surface area (Å²) in [5.41, 5.74) is 1.38. The summed E-state index contributed by atoms with van der Waals surface area (Å²) in [5.74, 6) is 0.408. The normalized spacial score (nSPS) is 15.8. The average molecular weight is 466 g/mol. The van der Waals surface area contributed by atoms with Gasteiger partial charge in [-0.3, -0.25) is 14.2 Å². The van der Waals surface area contributed by atoms with E-state index in [0.29, 0.717) is 17.4 Å². The molecule has 9 heteroatoms.